The van der Waals surface area contributed by atoms with Gasteiger partial charge in [-0.15, -0.1) is 0 Å². The molecule has 0 fully saturated rings. The topological polar surface area (TPSA) is 48.8 Å². The lowest BCUT2D eigenvalue weighted by Crippen LogP contribution is -2.25. The number of rotatable bonds is 15. The molecule has 5 heteroatoms. The van der Waals surface area contributed by atoms with Gasteiger partial charge < -0.3 is 19.6 Å². The highest BCUT2D eigenvalue weighted by Gasteiger charge is 2.29. The van der Waals surface area contributed by atoms with Gasteiger partial charge in [0.1, 0.15) is 17.3 Å². The van der Waals surface area contributed by atoms with Crippen LogP contribution in [0.25, 0.3) is 28.5 Å². The first-order valence-corrected chi connectivity index (χ1v) is 19.8. The van der Waals surface area contributed by atoms with Crippen LogP contribution in [0.2, 0.25) is 0 Å². The molecule has 4 aromatic carbocycles. The average Bonchev–Trinajstić information content (AvgIpc) is 3.29. The Morgan fingerprint density at radius 3 is 2.25 bits per heavy atom. The summed E-state index contributed by atoms with van der Waals surface area (Å²) in [6.07, 6.45) is 30.6. The van der Waals surface area contributed by atoms with E-state index in [1.807, 2.05) is 145 Å². The predicted molar refractivity (Wildman–Crippen MR) is 253 cm³/mol. The molecule has 0 bridgehead atoms. The number of hydrogen-bond acceptors (Lipinski definition) is 5. The number of aliphatic hydroxyl groups excluding tert-OH is 1. The largest absolute Gasteiger partial charge is 0.457 e. The maximum absolute atomic E-state index is 11.7. The van der Waals surface area contributed by atoms with Crippen molar-refractivity contribution >= 4 is 34.6 Å². The Morgan fingerprint density at radius 2 is 1.50 bits per heavy atom. The third kappa shape index (κ3) is 9.51. The summed E-state index contributed by atoms with van der Waals surface area (Å²) >= 11 is 0. The van der Waals surface area contributed by atoms with Crippen molar-refractivity contribution < 1.29 is 9.84 Å². The lowest BCUT2D eigenvalue weighted by Gasteiger charge is -2.30. The van der Waals surface area contributed by atoms with E-state index < -0.39 is 6.10 Å². The zero-order valence-electron chi connectivity index (χ0n) is 33.5. The highest BCUT2D eigenvalue weighted by molar-refractivity contribution is 5.95. The van der Waals surface area contributed by atoms with E-state index in [2.05, 4.69) is 90.8 Å². The van der Waals surface area contributed by atoms with Gasteiger partial charge in [-0.2, -0.15) is 0 Å². The summed E-state index contributed by atoms with van der Waals surface area (Å²) in [5, 5.41) is 11.7. The summed E-state index contributed by atoms with van der Waals surface area (Å²) in [7, 11) is 0. The van der Waals surface area contributed by atoms with Gasteiger partial charge in [0.25, 0.3) is 0 Å². The summed E-state index contributed by atoms with van der Waals surface area (Å²) in [6, 6.07) is 38.6. The molecule has 5 nitrogen and oxygen atoms in total. The van der Waals surface area contributed by atoms with E-state index in [0.29, 0.717) is 23.5 Å². The van der Waals surface area contributed by atoms with Gasteiger partial charge in [-0.05, 0) is 88.0 Å². The number of ether oxygens (including phenoxy) is 1. The summed E-state index contributed by atoms with van der Waals surface area (Å²) in [5.41, 5.74) is 10.0. The van der Waals surface area contributed by atoms with E-state index in [-0.39, 0.29) is 0 Å². The van der Waals surface area contributed by atoms with Gasteiger partial charge in [0.05, 0.1) is 6.10 Å². The highest BCUT2D eigenvalue weighted by Crippen LogP contribution is 2.47. The van der Waals surface area contributed by atoms with Crippen LogP contribution in [0.15, 0.2) is 250 Å². The van der Waals surface area contributed by atoms with Gasteiger partial charge in [0.2, 0.25) is 0 Å². The number of aromatic nitrogens is 1. The first-order chi connectivity index (χ1) is 29.4. The van der Waals surface area contributed by atoms with Gasteiger partial charge >= 0.3 is 0 Å². The van der Waals surface area contributed by atoms with Crippen molar-refractivity contribution in [2.45, 2.75) is 12.5 Å². The maximum atomic E-state index is 11.7. The lowest BCUT2D eigenvalue weighted by atomic mass is 9.84. The van der Waals surface area contributed by atoms with Crippen LogP contribution >= 0.6 is 0 Å². The molecule has 2 heterocycles. The minimum Gasteiger partial charge on any atom is -0.457 e. The zero-order chi connectivity index (χ0) is 41.7. The number of anilines is 3. The fourth-order valence-corrected chi connectivity index (χ4v) is 7.12. The van der Waals surface area contributed by atoms with Crippen molar-refractivity contribution in [3.63, 3.8) is 0 Å². The molecule has 1 N–H and O–H groups in total. The highest BCUT2D eigenvalue weighted by atomic mass is 16.5. The molecule has 7 rings (SSSR count). The standard InChI is InChI=1S/C55H47N3O2/c1-5-7-22-43(6-2)26-21-38-58(54-31-17-18-36-56-54)46-32-34-48(52(59)39-46)41(3)49-29-20-30-51-50-35-33-47(40-53(50)60-42(4)55(49)51)57(45-27-15-11-16-28-45)37-19-9-8-12-23-44-24-13-10-14-25-44/h5-38,40,52,59H,1-4,39H2. The van der Waals surface area contributed by atoms with Crippen LogP contribution in [0.4, 0.5) is 17.2 Å². The number of para-hydroxylation sites is 1. The molecule has 5 aromatic rings. The van der Waals surface area contributed by atoms with Crippen LogP contribution in [-0.4, -0.2) is 16.2 Å². The molecule has 0 saturated carbocycles. The first-order valence-electron chi connectivity index (χ1n) is 19.8. The Bertz CT molecular complexity index is 2620. The molecular formula is C55H47N3O2. The summed E-state index contributed by atoms with van der Waals surface area (Å²) < 4.78 is 6.53. The summed E-state index contributed by atoms with van der Waals surface area (Å²) in [4.78, 5) is 8.71. The van der Waals surface area contributed by atoms with Crippen LogP contribution in [0, 0.1) is 0 Å². The average molecular weight is 782 g/mol. The van der Waals surface area contributed by atoms with Crippen LogP contribution < -0.4 is 14.5 Å². The van der Waals surface area contributed by atoms with Crippen LogP contribution in [0.5, 0.6) is 5.75 Å². The second-order valence-corrected chi connectivity index (χ2v) is 14.0. The maximum Gasteiger partial charge on any atom is 0.137 e. The fraction of sp³-hybridized carbons (Fsp3) is 0.0364. The predicted octanol–water partition coefficient (Wildman–Crippen LogP) is 13.5. The number of hydrogen-bond donors (Lipinski definition) is 1. The third-order valence-corrected chi connectivity index (χ3v) is 10.1. The smallest absolute Gasteiger partial charge is 0.137 e. The normalized spacial score (nSPS) is 15.2. The van der Waals surface area contributed by atoms with Gasteiger partial charge in [-0.25, -0.2) is 4.98 Å². The van der Waals surface area contributed by atoms with Gasteiger partial charge in [-0.3, -0.25) is 0 Å². The molecule has 1 atom stereocenters. The molecule has 0 spiro atoms. The molecular weight excluding hydrogens is 735 g/mol. The third-order valence-electron chi connectivity index (χ3n) is 10.1. The number of aliphatic hydroxyl groups is 1. The molecule has 0 amide bonds. The molecule has 2 aliphatic rings. The Morgan fingerprint density at radius 1 is 0.733 bits per heavy atom. The van der Waals surface area contributed by atoms with Gasteiger partial charge in [0, 0.05) is 59.3 Å². The second-order valence-electron chi connectivity index (χ2n) is 14.0. The van der Waals surface area contributed by atoms with Crippen LogP contribution in [-0.2, 0) is 0 Å². The number of nitrogens with zero attached hydrogens (tertiary/aromatic N) is 3. The van der Waals surface area contributed by atoms with E-state index in [4.69, 9.17) is 4.74 Å². The molecule has 1 aliphatic heterocycles. The fourth-order valence-electron chi connectivity index (χ4n) is 7.12. The SMILES string of the molecule is C=CC=CC(C=C)=CC=CN(C1=CC=C(C(=C)c2cccc3c2C(=C)Oc2cc(N(C=CC=CC=Cc4ccccc4)c4ccccc4)ccc2-3)C(O)C1)c1ccccn1. The quantitative estimate of drug-likeness (QED) is 0.107. The van der Waals surface area contributed by atoms with E-state index in [9.17, 15) is 5.11 Å². The number of fused-ring (bicyclic) bond motifs is 3. The van der Waals surface area contributed by atoms with Crippen molar-refractivity contribution in [2.24, 2.45) is 0 Å². The Kier molecular flexibility index (Phi) is 13.2. The van der Waals surface area contributed by atoms with Gasteiger partial charge in [-0.1, -0.05) is 160 Å². The summed E-state index contributed by atoms with van der Waals surface area (Å²) in [5.74, 6) is 1.96. The molecule has 1 aromatic heterocycles. The van der Waals surface area contributed by atoms with Crippen molar-refractivity contribution in [3.05, 3.63) is 267 Å². The minimum absolute atomic E-state index is 0.352. The van der Waals surface area contributed by atoms with E-state index in [0.717, 1.165) is 61.9 Å². The minimum atomic E-state index is -0.817. The number of pyridine rings is 1. The van der Waals surface area contributed by atoms with E-state index in [1.165, 1.54) is 0 Å². The molecule has 0 radical (unpaired) electrons. The molecule has 60 heavy (non-hydrogen) atoms. The zero-order valence-corrected chi connectivity index (χ0v) is 33.5. The Hall–Kier alpha value is -7.73. The van der Waals surface area contributed by atoms with Crippen LogP contribution in [0.3, 0.4) is 0 Å². The van der Waals surface area contributed by atoms with Gasteiger partial charge in [0.15, 0.2) is 0 Å². The number of allylic oxidation sites excluding steroid dienone is 13. The second kappa shape index (κ2) is 19.6. The van der Waals surface area contributed by atoms with E-state index in [1.54, 1.807) is 18.3 Å². The molecule has 294 valence electrons. The van der Waals surface area contributed by atoms with Crippen molar-refractivity contribution in [1.82, 2.24) is 4.98 Å². The van der Waals surface area contributed by atoms with E-state index >= 15 is 0 Å². The van der Waals surface area contributed by atoms with Crippen molar-refractivity contribution in [1.29, 1.82) is 0 Å². The first kappa shape index (κ1) is 40.5. The molecule has 1 unspecified atom stereocenters. The summed E-state index contributed by atoms with van der Waals surface area (Å²) in [6.45, 7) is 16.6. The van der Waals surface area contributed by atoms with Crippen LogP contribution in [0.1, 0.15) is 23.1 Å². The van der Waals surface area contributed by atoms with Crippen molar-refractivity contribution in [3.8, 4) is 16.9 Å². The monoisotopic (exact) mass is 781 g/mol. The molecule has 1 aliphatic carbocycles. The Labute approximate surface area is 354 Å². The number of benzene rings is 4. The van der Waals surface area contributed by atoms with Crippen molar-refractivity contribution in [2.75, 3.05) is 9.80 Å². The Balaban J connectivity index is 1.16. The molecule has 0 saturated heterocycles. The lowest BCUT2D eigenvalue weighted by molar-refractivity contribution is 0.214.